The Balaban J connectivity index is 1.21. The lowest BCUT2D eigenvalue weighted by molar-refractivity contribution is -0.134. The van der Waals surface area contributed by atoms with Crippen molar-refractivity contribution in [2.75, 3.05) is 19.7 Å². The number of carbonyl (C=O) groups is 2. The zero-order valence-electron chi connectivity index (χ0n) is 16.6. The smallest absolute Gasteiger partial charge is 0.261 e. The van der Waals surface area contributed by atoms with Crippen LogP contribution in [0.2, 0.25) is 10.0 Å². The fraction of sp³-hybridized carbons (Fsp3) is 0.364. The van der Waals surface area contributed by atoms with Crippen molar-refractivity contribution in [1.82, 2.24) is 10.2 Å². The van der Waals surface area contributed by atoms with E-state index in [1.54, 1.807) is 17.0 Å². The Morgan fingerprint density at radius 1 is 1.16 bits per heavy atom. The zero-order valence-corrected chi connectivity index (χ0v) is 18.1. The molecule has 0 spiro atoms. The van der Waals surface area contributed by atoms with Crippen molar-refractivity contribution >= 4 is 35.0 Å². The van der Waals surface area contributed by atoms with Gasteiger partial charge in [0.15, 0.2) is 12.7 Å². The van der Waals surface area contributed by atoms with E-state index < -0.39 is 11.9 Å². The molecule has 2 amide bonds. The quantitative estimate of drug-likeness (QED) is 0.730. The number of fused-ring (bicyclic) bond motifs is 1. The van der Waals surface area contributed by atoms with E-state index in [0.717, 1.165) is 11.6 Å². The number of likely N-dealkylation sites (tertiary alicyclic amines) is 1. The Morgan fingerprint density at radius 2 is 1.94 bits per heavy atom. The maximum absolute atomic E-state index is 13.5. The highest BCUT2D eigenvalue weighted by Gasteiger charge is 2.32. The van der Waals surface area contributed by atoms with Crippen molar-refractivity contribution in [1.29, 1.82) is 0 Å². The molecule has 0 radical (unpaired) electrons. The molecule has 1 saturated heterocycles. The van der Waals surface area contributed by atoms with Gasteiger partial charge in [-0.05, 0) is 48.7 Å². The second-order valence-corrected chi connectivity index (χ2v) is 8.43. The third-order valence-corrected chi connectivity index (χ3v) is 5.98. The molecule has 2 aliphatic rings. The molecule has 6 nitrogen and oxygen atoms in total. The number of rotatable bonds is 5. The summed E-state index contributed by atoms with van der Waals surface area (Å²) in [6.07, 6.45) is 1.19. The first-order valence-corrected chi connectivity index (χ1v) is 10.8. The highest BCUT2D eigenvalue weighted by atomic mass is 35.5. The van der Waals surface area contributed by atoms with E-state index in [-0.39, 0.29) is 35.2 Å². The molecule has 2 aromatic rings. The predicted octanol–water partition coefficient (Wildman–Crippen LogP) is 3.62. The molecule has 4 rings (SSSR count). The Hall–Kier alpha value is -2.51. The Bertz CT molecular complexity index is 995. The SMILES string of the molecule is O=C(NC1CCN(C(=O)COc2ccc(Cl)c(F)c2)CC1)C1Cc2cc(Cl)ccc2O1. The van der Waals surface area contributed by atoms with Crippen molar-refractivity contribution in [2.45, 2.75) is 31.4 Å². The van der Waals surface area contributed by atoms with Gasteiger partial charge in [0.05, 0.1) is 5.02 Å². The number of piperidine rings is 1. The fourth-order valence-corrected chi connectivity index (χ4v) is 4.05. The summed E-state index contributed by atoms with van der Waals surface area (Å²) in [6.45, 7) is 0.821. The molecule has 9 heteroatoms. The summed E-state index contributed by atoms with van der Waals surface area (Å²) in [6, 6.07) is 9.34. The Morgan fingerprint density at radius 3 is 2.68 bits per heavy atom. The minimum atomic E-state index is -0.597. The van der Waals surface area contributed by atoms with Crippen LogP contribution in [0.4, 0.5) is 4.39 Å². The topological polar surface area (TPSA) is 67.9 Å². The molecule has 0 bridgehead atoms. The van der Waals surface area contributed by atoms with E-state index in [1.165, 1.54) is 12.1 Å². The molecular formula is C22H21Cl2FN2O4. The van der Waals surface area contributed by atoms with Crippen molar-refractivity contribution < 1.29 is 23.5 Å². The maximum Gasteiger partial charge on any atom is 0.261 e. The molecule has 2 aliphatic heterocycles. The summed E-state index contributed by atoms with van der Waals surface area (Å²) in [5.41, 5.74) is 0.925. The van der Waals surface area contributed by atoms with Gasteiger partial charge in [0, 0.05) is 36.6 Å². The summed E-state index contributed by atoms with van der Waals surface area (Å²) < 4.78 is 24.6. The molecule has 2 heterocycles. The number of halogens is 3. The molecule has 2 aromatic carbocycles. The van der Waals surface area contributed by atoms with E-state index >= 15 is 0 Å². The number of nitrogens with one attached hydrogen (secondary N) is 1. The van der Waals surface area contributed by atoms with Gasteiger partial charge in [0.25, 0.3) is 11.8 Å². The van der Waals surface area contributed by atoms with Gasteiger partial charge < -0.3 is 19.7 Å². The number of hydrogen-bond donors (Lipinski definition) is 1. The number of nitrogens with zero attached hydrogens (tertiary/aromatic N) is 1. The molecular weight excluding hydrogens is 446 g/mol. The van der Waals surface area contributed by atoms with Crippen molar-refractivity contribution in [3.63, 3.8) is 0 Å². The van der Waals surface area contributed by atoms with Crippen LogP contribution in [0.15, 0.2) is 36.4 Å². The van der Waals surface area contributed by atoms with Gasteiger partial charge in [-0.3, -0.25) is 9.59 Å². The molecule has 1 atom stereocenters. The highest BCUT2D eigenvalue weighted by molar-refractivity contribution is 6.31. The van der Waals surface area contributed by atoms with Gasteiger partial charge in [-0.25, -0.2) is 4.39 Å². The van der Waals surface area contributed by atoms with Crippen LogP contribution in [-0.4, -0.2) is 48.6 Å². The lowest BCUT2D eigenvalue weighted by Gasteiger charge is -2.32. The molecule has 164 valence electrons. The van der Waals surface area contributed by atoms with Crippen molar-refractivity contribution in [3.05, 3.63) is 57.8 Å². The standard InChI is InChI=1S/C22H21Cl2FN2O4/c23-14-1-4-19-13(9-14)10-20(31-19)22(29)26-15-5-7-27(8-6-15)21(28)12-30-16-2-3-17(24)18(25)11-16/h1-4,9,11,15,20H,5-8,10,12H2,(H,26,29). The van der Waals surface area contributed by atoms with Crippen molar-refractivity contribution in [3.8, 4) is 11.5 Å². The number of hydrogen-bond acceptors (Lipinski definition) is 4. The third kappa shape index (κ3) is 5.22. The number of amides is 2. The van der Waals surface area contributed by atoms with Gasteiger partial charge in [0.2, 0.25) is 0 Å². The van der Waals surface area contributed by atoms with Crippen LogP contribution in [0.5, 0.6) is 11.5 Å². The van der Waals surface area contributed by atoms with Gasteiger partial charge in [-0.15, -0.1) is 0 Å². The minimum Gasteiger partial charge on any atom is -0.484 e. The largest absolute Gasteiger partial charge is 0.484 e. The van der Waals surface area contributed by atoms with Crippen LogP contribution in [0, 0.1) is 5.82 Å². The molecule has 31 heavy (non-hydrogen) atoms. The first-order valence-electron chi connectivity index (χ1n) is 10.00. The second-order valence-electron chi connectivity index (χ2n) is 7.59. The number of carbonyl (C=O) groups excluding carboxylic acids is 2. The van der Waals surface area contributed by atoms with Crippen LogP contribution in [0.25, 0.3) is 0 Å². The normalized spacial score (nSPS) is 18.3. The first-order chi connectivity index (χ1) is 14.9. The van der Waals surface area contributed by atoms with Gasteiger partial charge in [-0.1, -0.05) is 23.2 Å². The van der Waals surface area contributed by atoms with E-state index in [0.29, 0.717) is 43.1 Å². The zero-order chi connectivity index (χ0) is 22.0. The summed E-state index contributed by atoms with van der Waals surface area (Å²) >= 11 is 11.6. The molecule has 0 aromatic heterocycles. The second kappa shape index (κ2) is 9.32. The molecule has 1 fully saturated rings. The van der Waals surface area contributed by atoms with Crippen LogP contribution in [0.3, 0.4) is 0 Å². The predicted molar refractivity (Wildman–Crippen MR) is 114 cm³/mol. The first kappa shape index (κ1) is 21.7. The van der Waals surface area contributed by atoms with Gasteiger partial charge >= 0.3 is 0 Å². The van der Waals surface area contributed by atoms with E-state index in [9.17, 15) is 14.0 Å². The molecule has 0 saturated carbocycles. The summed E-state index contributed by atoms with van der Waals surface area (Å²) in [4.78, 5) is 26.6. The average Bonchev–Trinajstić information content (AvgIpc) is 3.18. The molecule has 1 unspecified atom stereocenters. The number of benzene rings is 2. The third-order valence-electron chi connectivity index (χ3n) is 5.44. The van der Waals surface area contributed by atoms with E-state index in [4.69, 9.17) is 32.7 Å². The summed E-state index contributed by atoms with van der Waals surface area (Å²) in [5, 5.41) is 3.63. The summed E-state index contributed by atoms with van der Waals surface area (Å²) in [5.74, 6) is -0.0147. The lowest BCUT2D eigenvalue weighted by Crippen LogP contribution is -2.50. The van der Waals surface area contributed by atoms with Crippen LogP contribution in [0.1, 0.15) is 18.4 Å². The van der Waals surface area contributed by atoms with E-state index in [1.807, 2.05) is 6.07 Å². The van der Waals surface area contributed by atoms with Gasteiger partial charge in [-0.2, -0.15) is 0 Å². The minimum absolute atomic E-state index is 0.00141. The molecule has 0 aliphatic carbocycles. The van der Waals surface area contributed by atoms with Crippen LogP contribution >= 0.6 is 23.2 Å². The number of ether oxygens (including phenoxy) is 2. The maximum atomic E-state index is 13.5. The monoisotopic (exact) mass is 466 g/mol. The lowest BCUT2D eigenvalue weighted by atomic mass is 10.0. The molecule has 1 N–H and O–H groups in total. The van der Waals surface area contributed by atoms with Gasteiger partial charge in [0.1, 0.15) is 17.3 Å². The van der Waals surface area contributed by atoms with E-state index in [2.05, 4.69) is 5.32 Å². The van der Waals surface area contributed by atoms with Crippen LogP contribution in [-0.2, 0) is 16.0 Å². The highest BCUT2D eigenvalue weighted by Crippen LogP contribution is 2.31. The Labute approximate surface area is 189 Å². The van der Waals surface area contributed by atoms with Crippen LogP contribution < -0.4 is 14.8 Å². The Kier molecular flexibility index (Phi) is 6.53. The fourth-order valence-electron chi connectivity index (χ4n) is 3.73. The summed E-state index contributed by atoms with van der Waals surface area (Å²) in [7, 11) is 0. The van der Waals surface area contributed by atoms with Crippen molar-refractivity contribution in [2.24, 2.45) is 0 Å². The average molecular weight is 467 g/mol.